The zero-order chi connectivity index (χ0) is 15.2. The summed E-state index contributed by atoms with van der Waals surface area (Å²) in [6.45, 7) is 5.85. The predicted octanol–water partition coefficient (Wildman–Crippen LogP) is 1.69. The molecular weight excluding hydrogens is 350 g/mol. The van der Waals surface area contributed by atoms with Crippen molar-refractivity contribution in [2.75, 3.05) is 46.1 Å². The fourth-order valence-electron chi connectivity index (χ4n) is 2.45. The molecule has 2 aliphatic heterocycles. The number of rotatable bonds is 6. The van der Waals surface area contributed by atoms with Gasteiger partial charge in [0.05, 0.1) is 32.1 Å². The summed E-state index contributed by atoms with van der Waals surface area (Å²) >= 11 is 3.38. The Labute approximate surface area is 138 Å². The molecule has 120 valence electrons. The zero-order valence-electron chi connectivity index (χ0n) is 12.4. The first-order valence-electron chi connectivity index (χ1n) is 7.54. The Balaban J connectivity index is 1.34. The van der Waals surface area contributed by atoms with E-state index in [4.69, 9.17) is 14.3 Å². The normalized spacial score (nSPS) is 22.4. The van der Waals surface area contributed by atoms with E-state index in [2.05, 4.69) is 31.0 Å². The Morgan fingerprint density at radius 3 is 2.95 bits per heavy atom. The van der Waals surface area contributed by atoms with Crippen LogP contribution in [0.25, 0.3) is 0 Å². The molecule has 1 fully saturated rings. The fourth-order valence-corrected chi connectivity index (χ4v) is 2.68. The Bertz CT molecular complexity index is 503. The Morgan fingerprint density at radius 1 is 1.32 bits per heavy atom. The van der Waals surface area contributed by atoms with Gasteiger partial charge in [-0.3, -0.25) is 9.88 Å². The molecule has 1 atom stereocenters. The van der Waals surface area contributed by atoms with Crippen LogP contribution in [0.15, 0.2) is 28.0 Å². The van der Waals surface area contributed by atoms with Crippen LogP contribution in [0.1, 0.15) is 12.1 Å². The first-order valence-corrected chi connectivity index (χ1v) is 8.33. The van der Waals surface area contributed by atoms with Crippen LogP contribution in [0.4, 0.5) is 0 Å². The minimum Gasteiger partial charge on any atom is -0.389 e. The van der Waals surface area contributed by atoms with Crippen molar-refractivity contribution in [3.63, 3.8) is 0 Å². The van der Waals surface area contributed by atoms with Crippen molar-refractivity contribution >= 4 is 21.6 Å². The van der Waals surface area contributed by atoms with Crippen molar-refractivity contribution < 1.29 is 14.3 Å². The van der Waals surface area contributed by atoms with Gasteiger partial charge in [0.2, 0.25) is 0 Å². The molecule has 0 aliphatic carbocycles. The standard InChI is InChI=1S/C15H20BrN3O3/c16-12-1-2-14(17-10-12)15-9-13(22-18-15)11-21-8-5-19-3-6-20-7-4-19/h1-2,10,13H,3-9,11H2/t13-/m0/s1. The van der Waals surface area contributed by atoms with Crippen molar-refractivity contribution in [1.82, 2.24) is 9.88 Å². The number of pyridine rings is 1. The van der Waals surface area contributed by atoms with Crippen molar-refractivity contribution in [2.24, 2.45) is 5.16 Å². The van der Waals surface area contributed by atoms with Gasteiger partial charge in [-0.15, -0.1) is 0 Å². The maximum absolute atomic E-state index is 5.71. The van der Waals surface area contributed by atoms with Crippen LogP contribution in [0.3, 0.4) is 0 Å². The maximum atomic E-state index is 5.71. The average molecular weight is 370 g/mol. The lowest BCUT2D eigenvalue weighted by Crippen LogP contribution is -2.38. The molecule has 6 nitrogen and oxygen atoms in total. The van der Waals surface area contributed by atoms with E-state index in [1.54, 1.807) is 6.20 Å². The van der Waals surface area contributed by atoms with Crippen molar-refractivity contribution in [1.29, 1.82) is 0 Å². The van der Waals surface area contributed by atoms with E-state index < -0.39 is 0 Å². The lowest BCUT2D eigenvalue weighted by molar-refractivity contribution is -0.0145. The fraction of sp³-hybridized carbons (Fsp3) is 0.600. The monoisotopic (exact) mass is 369 g/mol. The first-order chi connectivity index (χ1) is 10.8. The van der Waals surface area contributed by atoms with Gasteiger partial charge in [0.1, 0.15) is 5.71 Å². The zero-order valence-corrected chi connectivity index (χ0v) is 14.0. The highest BCUT2D eigenvalue weighted by atomic mass is 79.9. The molecule has 0 unspecified atom stereocenters. The highest BCUT2D eigenvalue weighted by Crippen LogP contribution is 2.17. The molecule has 0 aromatic carbocycles. The molecule has 3 heterocycles. The molecule has 0 spiro atoms. The summed E-state index contributed by atoms with van der Waals surface area (Å²) in [7, 11) is 0. The van der Waals surface area contributed by atoms with Crippen LogP contribution in [0.5, 0.6) is 0 Å². The van der Waals surface area contributed by atoms with E-state index in [1.807, 2.05) is 12.1 Å². The molecular formula is C15H20BrN3O3. The van der Waals surface area contributed by atoms with Crippen LogP contribution in [0.2, 0.25) is 0 Å². The third-order valence-electron chi connectivity index (χ3n) is 3.72. The molecule has 1 aromatic rings. The largest absolute Gasteiger partial charge is 0.389 e. The van der Waals surface area contributed by atoms with Crippen molar-refractivity contribution in [2.45, 2.75) is 12.5 Å². The number of aromatic nitrogens is 1. The molecule has 1 saturated heterocycles. The second-order valence-corrected chi connectivity index (χ2v) is 6.28. The summed E-state index contributed by atoms with van der Waals surface area (Å²) in [6.07, 6.45) is 2.50. The number of morpholine rings is 1. The molecule has 22 heavy (non-hydrogen) atoms. The van der Waals surface area contributed by atoms with Crippen LogP contribution in [-0.2, 0) is 14.3 Å². The molecule has 1 aromatic heterocycles. The number of hydrogen-bond donors (Lipinski definition) is 0. The molecule has 0 saturated carbocycles. The number of ether oxygens (including phenoxy) is 2. The second-order valence-electron chi connectivity index (χ2n) is 5.36. The lowest BCUT2D eigenvalue weighted by atomic mass is 10.1. The molecule has 0 amide bonds. The van der Waals surface area contributed by atoms with Crippen LogP contribution >= 0.6 is 15.9 Å². The van der Waals surface area contributed by atoms with Gasteiger partial charge >= 0.3 is 0 Å². The number of hydrogen-bond acceptors (Lipinski definition) is 6. The first kappa shape index (κ1) is 15.9. The summed E-state index contributed by atoms with van der Waals surface area (Å²) in [5.74, 6) is 0. The molecule has 2 aliphatic rings. The van der Waals surface area contributed by atoms with E-state index >= 15 is 0 Å². The van der Waals surface area contributed by atoms with E-state index in [0.717, 1.165) is 55.1 Å². The third-order valence-corrected chi connectivity index (χ3v) is 4.18. The van der Waals surface area contributed by atoms with Gasteiger partial charge in [-0.05, 0) is 28.1 Å². The Hall–Kier alpha value is -1.02. The maximum Gasteiger partial charge on any atom is 0.156 e. The van der Waals surface area contributed by atoms with Gasteiger partial charge in [0.15, 0.2) is 6.10 Å². The lowest BCUT2D eigenvalue weighted by Gasteiger charge is -2.26. The van der Waals surface area contributed by atoms with Crippen molar-refractivity contribution in [3.05, 3.63) is 28.5 Å². The van der Waals surface area contributed by atoms with E-state index in [9.17, 15) is 0 Å². The van der Waals surface area contributed by atoms with E-state index in [1.165, 1.54) is 0 Å². The van der Waals surface area contributed by atoms with Gasteiger partial charge < -0.3 is 14.3 Å². The second kappa shape index (κ2) is 8.01. The van der Waals surface area contributed by atoms with E-state index in [-0.39, 0.29) is 6.10 Å². The summed E-state index contributed by atoms with van der Waals surface area (Å²) in [6, 6.07) is 3.89. The minimum absolute atomic E-state index is 0.00913. The summed E-state index contributed by atoms with van der Waals surface area (Å²) in [5, 5.41) is 4.12. The molecule has 0 bridgehead atoms. The average Bonchev–Trinajstić information content (AvgIpc) is 3.02. The van der Waals surface area contributed by atoms with Crippen LogP contribution in [-0.4, -0.2) is 67.8 Å². The topological polar surface area (TPSA) is 56.2 Å². The molecule has 0 radical (unpaired) electrons. The number of oxime groups is 1. The van der Waals surface area contributed by atoms with Crippen molar-refractivity contribution in [3.8, 4) is 0 Å². The molecule has 0 N–H and O–H groups in total. The highest BCUT2D eigenvalue weighted by Gasteiger charge is 2.23. The quantitative estimate of drug-likeness (QED) is 0.714. The Kier molecular flexibility index (Phi) is 5.77. The van der Waals surface area contributed by atoms with Gasteiger partial charge in [-0.1, -0.05) is 5.16 Å². The smallest absolute Gasteiger partial charge is 0.156 e. The predicted molar refractivity (Wildman–Crippen MR) is 86.0 cm³/mol. The molecule has 7 heteroatoms. The Morgan fingerprint density at radius 2 is 2.18 bits per heavy atom. The minimum atomic E-state index is -0.00913. The highest BCUT2D eigenvalue weighted by molar-refractivity contribution is 9.10. The third kappa shape index (κ3) is 4.49. The SMILES string of the molecule is Brc1ccc(C2=NO[C@H](COCCN3CCOCC3)C2)nc1. The van der Waals surface area contributed by atoms with Gasteiger partial charge in [-0.2, -0.15) is 0 Å². The number of nitrogens with zero attached hydrogens (tertiary/aromatic N) is 3. The van der Waals surface area contributed by atoms with E-state index in [0.29, 0.717) is 13.2 Å². The van der Waals surface area contributed by atoms with Crippen LogP contribution < -0.4 is 0 Å². The summed E-state index contributed by atoms with van der Waals surface area (Å²) in [4.78, 5) is 12.1. The van der Waals surface area contributed by atoms with Gasteiger partial charge in [-0.25, -0.2) is 0 Å². The molecule has 3 rings (SSSR count). The van der Waals surface area contributed by atoms with Gasteiger partial charge in [0.25, 0.3) is 0 Å². The summed E-state index contributed by atoms with van der Waals surface area (Å²) < 4.78 is 12.0. The van der Waals surface area contributed by atoms with Gasteiger partial charge in [0, 0.05) is 36.7 Å². The number of halogens is 1. The van der Waals surface area contributed by atoms with Crippen LogP contribution in [0, 0.1) is 0 Å². The summed E-state index contributed by atoms with van der Waals surface area (Å²) in [5.41, 5.74) is 1.74.